The van der Waals surface area contributed by atoms with Crippen LogP contribution < -0.4 is 15.4 Å². The zero-order chi connectivity index (χ0) is 22.1. The molecule has 0 saturated heterocycles. The molecular weight excluding hydrogens is 423 g/mol. The molecule has 0 aromatic heterocycles. The molecule has 3 saturated carbocycles. The molecule has 2 amide bonds. The second-order valence-corrected chi connectivity index (χ2v) is 8.94. The minimum Gasteiger partial charge on any atom is -0.484 e. The van der Waals surface area contributed by atoms with Crippen molar-refractivity contribution in [1.29, 1.82) is 0 Å². The van der Waals surface area contributed by atoms with Crippen LogP contribution in [0.5, 0.6) is 5.75 Å². The predicted octanol–water partition coefficient (Wildman–Crippen LogP) is 3.29. The monoisotopic (exact) mass is 446 g/mol. The summed E-state index contributed by atoms with van der Waals surface area (Å²) in [5.74, 6) is -0.792. The summed E-state index contributed by atoms with van der Waals surface area (Å²) in [4.78, 5) is 24.3. The Morgan fingerprint density at radius 1 is 1.00 bits per heavy atom. The van der Waals surface area contributed by atoms with E-state index in [0.29, 0.717) is 25.9 Å². The number of rotatable bonds is 9. The number of hydrogen-bond acceptors (Lipinski definition) is 4. The Morgan fingerprint density at radius 3 is 2.23 bits per heavy atom. The average Bonchev–Trinajstić information content (AvgIpc) is 2.68. The maximum Gasteiger partial charge on any atom is 0.258 e. The molecule has 2 N–H and O–H groups in total. The van der Waals surface area contributed by atoms with E-state index in [1.165, 1.54) is 17.7 Å². The number of benzene rings is 2. The van der Waals surface area contributed by atoms with E-state index >= 15 is 0 Å². The first-order chi connectivity index (χ1) is 14.8. The van der Waals surface area contributed by atoms with Crippen molar-refractivity contribution in [2.24, 2.45) is 0 Å². The second kappa shape index (κ2) is 8.48. The van der Waals surface area contributed by atoms with Gasteiger partial charge in [-0.3, -0.25) is 9.59 Å². The second-order valence-electron chi connectivity index (χ2n) is 8.53. The maximum absolute atomic E-state index is 13.4. The van der Waals surface area contributed by atoms with Crippen LogP contribution in [0.25, 0.3) is 0 Å². The van der Waals surface area contributed by atoms with Crippen molar-refractivity contribution < 1.29 is 23.5 Å². The highest BCUT2D eigenvalue weighted by atomic mass is 35.5. The molecule has 8 heteroatoms. The molecule has 0 radical (unpaired) electrons. The minimum absolute atomic E-state index is 0.000474. The third kappa shape index (κ3) is 4.99. The van der Waals surface area contributed by atoms with Gasteiger partial charge in [-0.1, -0.05) is 41.4 Å². The highest BCUT2D eigenvalue weighted by molar-refractivity contribution is 6.30. The van der Waals surface area contributed by atoms with E-state index in [1.54, 1.807) is 0 Å². The van der Waals surface area contributed by atoms with Gasteiger partial charge in [0.1, 0.15) is 18.2 Å². The summed E-state index contributed by atoms with van der Waals surface area (Å²) in [6.45, 7) is 2.19. The third-order valence-electron chi connectivity index (χ3n) is 5.72. The fraction of sp³-hybridized carbons (Fsp3) is 0.391. The molecule has 0 unspecified atom stereocenters. The standard InChI is InChI=1S/C23H24ClFN2O4/c1-15-2-4-16(5-3-15)9-30-10-20(28)26-22-12-23(13-22,14-22)27-21(29)11-31-17-6-7-18(24)19(25)8-17/h2-8H,9-14H2,1H3,(H,26,28)(H,27,29). The number of hydrogen-bond donors (Lipinski definition) is 2. The summed E-state index contributed by atoms with van der Waals surface area (Å²) in [5.41, 5.74) is 1.66. The topological polar surface area (TPSA) is 76.7 Å². The van der Waals surface area contributed by atoms with Gasteiger partial charge in [0.25, 0.3) is 5.91 Å². The molecule has 0 spiro atoms. The molecule has 164 valence electrons. The Labute approximate surface area is 185 Å². The number of nitrogens with one attached hydrogen (secondary N) is 2. The van der Waals surface area contributed by atoms with E-state index < -0.39 is 5.82 Å². The summed E-state index contributed by atoms with van der Waals surface area (Å²) in [5, 5.41) is 5.98. The Morgan fingerprint density at radius 2 is 1.61 bits per heavy atom. The molecule has 0 atom stereocenters. The third-order valence-corrected chi connectivity index (χ3v) is 6.03. The number of ether oxygens (including phenoxy) is 2. The van der Waals surface area contributed by atoms with Crippen molar-refractivity contribution in [3.05, 3.63) is 64.4 Å². The maximum atomic E-state index is 13.4. The van der Waals surface area contributed by atoms with Gasteiger partial charge in [0.15, 0.2) is 6.61 Å². The first-order valence-corrected chi connectivity index (χ1v) is 10.5. The normalized spacial score (nSPS) is 23.3. The van der Waals surface area contributed by atoms with Gasteiger partial charge in [-0.2, -0.15) is 0 Å². The van der Waals surface area contributed by atoms with Gasteiger partial charge >= 0.3 is 0 Å². The number of aryl methyl sites for hydroxylation is 1. The van der Waals surface area contributed by atoms with Crippen LogP contribution in [0.1, 0.15) is 30.4 Å². The molecule has 2 aromatic rings. The Balaban J connectivity index is 1.14. The van der Waals surface area contributed by atoms with Crippen LogP contribution in [0.2, 0.25) is 5.02 Å². The quantitative estimate of drug-likeness (QED) is 0.619. The molecule has 2 aromatic carbocycles. The van der Waals surface area contributed by atoms with E-state index in [0.717, 1.165) is 11.6 Å². The first kappa shape index (κ1) is 21.6. The highest BCUT2D eigenvalue weighted by Gasteiger charge is 2.69. The molecule has 3 fully saturated rings. The highest BCUT2D eigenvalue weighted by Crippen LogP contribution is 2.60. The largest absolute Gasteiger partial charge is 0.484 e. The molecule has 6 nitrogen and oxygen atoms in total. The number of carbonyl (C=O) groups is 2. The molecule has 3 aliphatic carbocycles. The lowest BCUT2D eigenvalue weighted by atomic mass is 9.44. The van der Waals surface area contributed by atoms with Crippen LogP contribution in [0.3, 0.4) is 0 Å². The van der Waals surface area contributed by atoms with Crippen molar-refractivity contribution in [2.75, 3.05) is 13.2 Å². The van der Waals surface area contributed by atoms with Gasteiger partial charge in [-0.15, -0.1) is 0 Å². The first-order valence-electron chi connectivity index (χ1n) is 10.1. The van der Waals surface area contributed by atoms with Crippen LogP contribution >= 0.6 is 11.6 Å². The van der Waals surface area contributed by atoms with E-state index in [-0.39, 0.29) is 46.9 Å². The number of carbonyl (C=O) groups excluding carboxylic acids is 2. The van der Waals surface area contributed by atoms with Crippen molar-refractivity contribution in [2.45, 2.75) is 43.9 Å². The van der Waals surface area contributed by atoms with Crippen molar-refractivity contribution in [3.63, 3.8) is 0 Å². The molecule has 5 rings (SSSR count). The van der Waals surface area contributed by atoms with E-state index in [4.69, 9.17) is 21.1 Å². The van der Waals surface area contributed by atoms with Gasteiger partial charge in [0, 0.05) is 17.1 Å². The zero-order valence-electron chi connectivity index (χ0n) is 17.2. The summed E-state index contributed by atoms with van der Waals surface area (Å²) in [7, 11) is 0. The summed E-state index contributed by atoms with van der Waals surface area (Å²) >= 11 is 5.62. The van der Waals surface area contributed by atoms with Crippen molar-refractivity contribution in [3.8, 4) is 5.75 Å². The molecule has 31 heavy (non-hydrogen) atoms. The van der Waals surface area contributed by atoms with Crippen LogP contribution in [0, 0.1) is 12.7 Å². The van der Waals surface area contributed by atoms with Crippen molar-refractivity contribution in [1.82, 2.24) is 10.6 Å². The lowest BCUT2D eigenvalue weighted by molar-refractivity contribution is -0.152. The molecule has 3 aliphatic rings. The van der Waals surface area contributed by atoms with Gasteiger partial charge in [0.05, 0.1) is 11.6 Å². The van der Waals surface area contributed by atoms with Gasteiger partial charge in [-0.25, -0.2) is 4.39 Å². The smallest absolute Gasteiger partial charge is 0.258 e. The number of amides is 2. The molecule has 2 bridgehead atoms. The van der Waals surface area contributed by atoms with Gasteiger partial charge in [-0.05, 0) is 43.9 Å². The van der Waals surface area contributed by atoms with E-state index in [9.17, 15) is 14.0 Å². The van der Waals surface area contributed by atoms with Crippen LogP contribution in [-0.2, 0) is 20.9 Å². The lowest BCUT2D eigenvalue weighted by Gasteiger charge is -2.70. The Hall–Kier alpha value is -2.64. The molecule has 0 aliphatic heterocycles. The van der Waals surface area contributed by atoms with Crippen molar-refractivity contribution >= 4 is 23.4 Å². The Kier molecular flexibility index (Phi) is 5.90. The van der Waals surface area contributed by atoms with Gasteiger partial charge < -0.3 is 20.1 Å². The molecular formula is C23H24ClFN2O4. The summed E-state index contributed by atoms with van der Waals surface area (Å²) in [6.07, 6.45) is 2.06. The van der Waals surface area contributed by atoms with E-state index in [1.807, 2.05) is 31.2 Å². The summed E-state index contributed by atoms with van der Waals surface area (Å²) in [6, 6.07) is 12.0. The van der Waals surface area contributed by atoms with Crippen LogP contribution in [0.15, 0.2) is 42.5 Å². The SMILES string of the molecule is Cc1ccc(COCC(=O)NC23CC(NC(=O)COc4ccc(Cl)c(F)c4)(C2)C3)cc1. The summed E-state index contributed by atoms with van der Waals surface area (Å²) < 4.78 is 24.2. The van der Waals surface area contributed by atoms with Crippen LogP contribution in [0.4, 0.5) is 4.39 Å². The minimum atomic E-state index is -0.598. The average molecular weight is 447 g/mol. The predicted molar refractivity (Wildman–Crippen MR) is 113 cm³/mol. The molecule has 0 heterocycles. The Bertz CT molecular complexity index is 976. The number of halogens is 2. The van der Waals surface area contributed by atoms with Gasteiger partial charge in [0.2, 0.25) is 5.91 Å². The van der Waals surface area contributed by atoms with Crippen LogP contribution in [-0.4, -0.2) is 36.1 Å². The fourth-order valence-electron chi connectivity index (χ4n) is 4.38. The van der Waals surface area contributed by atoms with E-state index in [2.05, 4.69) is 10.6 Å². The zero-order valence-corrected chi connectivity index (χ0v) is 17.9. The lowest BCUT2D eigenvalue weighted by Crippen LogP contribution is -2.84. The fourth-order valence-corrected chi connectivity index (χ4v) is 4.50.